The molecule has 0 atom stereocenters. The van der Waals surface area contributed by atoms with Crippen LogP contribution in [0.5, 0.6) is 0 Å². The summed E-state index contributed by atoms with van der Waals surface area (Å²) in [6, 6.07) is 15.1. The number of benzene rings is 1. The highest BCUT2D eigenvalue weighted by molar-refractivity contribution is 8.18. The summed E-state index contributed by atoms with van der Waals surface area (Å²) < 4.78 is 2.16. The van der Waals surface area contributed by atoms with E-state index >= 15 is 0 Å². The van der Waals surface area contributed by atoms with Gasteiger partial charge in [0.15, 0.2) is 0 Å². The van der Waals surface area contributed by atoms with E-state index in [2.05, 4.69) is 92.3 Å². The van der Waals surface area contributed by atoms with Gasteiger partial charge in [-0.25, -0.2) is 4.58 Å². The van der Waals surface area contributed by atoms with E-state index in [0.29, 0.717) is 0 Å². The summed E-state index contributed by atoms with van der Waals surface area (Å²) in [4.78, 5) is 4.79. The van der Waals surface area contributed by atoms with Crippen molar-refractivity contribution < 1.29 is 4.58 Å². The topological polar surface area (TPSA) is 6.25 Å². The summed E-state index contributed by atoms with van der Waals surface area (Å²) in [5.74, 6) is 0. The second-order valence-electron chi connectivity index (χ2n) is 5.81. The molecule has 0 saturated heterocycles. The number of hydrogen-bond acceptors (Lipinski definition) is 3. The molecule has 23 heavy (non-hydrogen) atoms. The highest BCUT2D eigenvalue weighted by Crippen LogP contribution is 2.41. The average Bonchev–Trinajstić information content (AvgIpc) is 3.19. The number of hydrogen-bond donors (Lipinski definition) is 0. The van der Waals surface area contributed by atoms with E-state index in [0.717, 1.165) is 0 Å². The van der Waals surface area contributed by atoms with E-state index in [1.54, 1.807) is 0 Å². The van der Waals surface area contributed by atoms with Gasteiger partial charge < -0.3 is 4.90 Å². The Bertz CT molecular complexity index is 792. The second kappa shape index (κ2) is 6.77. The van der Waals surface area contributed by atoms with Crippen molar-refractivity contribution in [3.05, 3.63) is 70.0 Å². The van der Waals surface area contributed by atoms with Crippen LogP contribution >= 0.6 is 23.1 Å². The monoisotopic (exact) mass is 341 g/mol. The van der Waals surface area contributed by atoms with Gasteiger partial charge in [0.2, 0.25) is 5.04 Å². The lowest BCUT2D eigenvalue weighted by molar-refractivity contribution is -0.460. The lowest BCUT2D eigenvalue weighted by Gasteiger charge is -2.10. The van der Waals surface area contributed by atoms with Crippen LogP contribution in [0.3, 0.4) is 0 Å². The van der Waals surface area contributed by atoms with Crippen LogP contribution in [0, 0.1) is 0 Å². The van der Waals surface area contributed by atoms with E-state index in [1.165, 1.54) is 31.0 Å². The van der Waals surface area contributed by atoms with Crippen LogP contribution in [-0.4, -0.2) is 37.8 Å². The summed E-state index contributed by atoms with van der Waals surface area (Å²) in [5, 5.41) is 2.55. The fraction of sp³-hybridized carbons (Fsp3) is 0.211. The van der Waals surface area contributed by atoms with Gasteiger partial charge in [-0.3, -0.25) is 0 Å². The largest absolute Gasteiger partial charge is 0.370 e. The number of rotatable bonds is 3. The minimum absolute atomic E-state index is 1.27. The molecule has 0 fully saturated rings. The normalized spacial score (nSPS) is 15.9. The molecular formula is C19H21N2S2+. The van der Waals surface area contributed by atoms with Crippen LogP contribution in [0.15, 0.2) is 59.5 Å². The van der Waals surface area contributed by atoms with Gasteiger partial charge >= 0.3 is 0 Å². The number of nitrogens with zero attached hydrogens (tertiary/aromatic N) is 2. The van der Waals surface area contributed by atoms with Crippen molar-refractivity contribution >= 4 is 38.7 Å². The lowest BCUT2D eigenvalue weighted by Crippen LogP contribution is -2.05. The molecule has 0 aliphatic carbocycles. The van der Waals surface area contributed by atoms with Crippen LogP contribution < -0.4 is 4.90 Å². The molecule has 118 valence electrons. The van der Waals surface area contributed by atoms with Crippen molar-refractivity contribution in [3.63, 3.8) is 0 Å². The van der Waals surface area contributed by atoms with E-state index in [-0.39, 0.29) is 0 Å². The highest BCUT2D eigenvalue weighted by atomic mass is 32.2. The molecule has 0 N–H and O–H groups in total. The Morgan fingerprint density at radius 2 is 1.70 bits per heavy atom. The number of anilines is 1. The Hall–Kier alpha value is -1.78. The van der Waals surface area contributed by atoms with Crippen LogP contribution in [0.1, 0.15) is 10.4 Å². The van der Waals surface area contributed by atoms with Crippen molar-refractivity contribution in [3.8, 4) is 0 Å². The van der Waals surface area contributed by atoms with Crippen LogP contribution in [0.25, 0.3) is 5.57 Å². The standard InChI is InChI=1S/C19H21N2S2/c1-20(2)17-12-10-15(22-17)19(14-8-6-5-7-9-14)16-11-13-18(23-16)21(3)4/h5-13H,1-4H3/q+1. The van der Waals surface area contributed by atoms with Gasteiger partial charge in [0.1, 0.15) is 14.1 Å². The molecule has 0 saturated carbocycles. The first-order valence-electron chi connectivity index (χ1n) is 7.53. The van der Waals surface area contributed by atoms with Gasteiger partial charge in [0.05, 0.1) is 5.00 Å². The SMILES string of the molecule is CN(C)c1ccc(C(=C2C=CC(=[N+](C)C)S2)c2ccccc2)s1. The predicted octanol–water partition coefficient (Wildman–Crippen LogP) is 4.55. The Labute approximate surface area is 146 Å². The Morgan fingerprint density at radius 3 is 2.26 bits per heavy atom. The molecule has 3 rings (SSSR count). The molecule has 1 aromatic heterocycles. The van der Waals surface area contributed by atoms with E-state index in [9.17, 15) is 0 Å². The maximum absolute atomic E-state index is 2.23. The number of thiophene rings is 1. The molecule has 0 amide bonds. The molecule has 0 spiro atoms. The molecule has 1 aliphatic heterocycles. The first-order valence-corrected chi connectivity index (χ1v) is 9.17. The summed E-state index contributed by atoms with van der Waals surface area (Å²) in [6.45, 7) is 0. The van der Waals surface area contributed by atoms with Gasteiger partial charge in [0.25, 0.3) is 0 Å². The summed E-state index contributed by atoms with van der Waals surface area (Å²) in [5.41, 5.74) is 2.59. The average molecular weight is 342 g/mol. The zero-order valence-electron chi connectivity index (χ0n) is 13.9. The minimum atomic E-state index is 1.27. The van der Waals surface area contributed by atoms with Gasteiger partial charge in [-0.15, -0.1) is 11.3 Å². The zero-order valence-corrected chi connectivity index (χ0v) is 15.5. The van der Waals surface area contributed by atoms with Crippen LogP contribution in [-0.2, 0) is 0 Å². The lowest BCUT2D eigenvalue weighted by atomic mass is 10.0. The van der Waals surface area contributed by atoms with Gasteiger partial charge in [-0.05, 0) is 35.5 Å². The van der Waals surface area contributed by atoms with Gasteiger partial charge in [-0.2, -0.15) is 0 Å². The van der Waals surface area contributed by atoms with Crippen molar-refractivity contribution in [1.82, 2.24) is 0 Å². The predicted molar refractivity (Wildman–Crippen MR) is 105 cm³/mol. The molecule has 2 heterocycles. The molecule has 0 radical (unpaired) electrons. The third-order valence-electron chi connectivity index (χ3n) is 3.62. The molecule has 2 aromatic rings. The maximum Gasteiger partial charge on any atom is 0.239 e. The van der Waals surface area contributed by atoms with Crippen LogP contribution in [0.4, 0.5) is 5.00 Å². The molecule has 0 bridgehead atoms. The summed E-state index contributed by atoms with van der Waals surface area (Å²) >= 11 is 3.68. The molecular weight excluding hydrogens is 320 g/mol. The molecule has 1 aromatic carbocycles. The Morgan fingerprint density at radius 1 is 0.957 bits per heavy atom. The van der Waals surface area contributed by atoms with Crippen molar-refractivity contribution in [2.75, 3.05) is 33.1 Å². The van der Waals surface area contributed by atoms with E-state index in [4.69, 9.17) is 0 Å². The molecule has 2 nitrogen and oxygen atoms in total. The number of allylic oxidation sites excluding steroid dienone is 1. The van der Waals surface area contributed by atoms with Crippen molar-refractivity contribution in [1.29, 1.82) is 0 Å². The number of thioether (sulfide) groups is 1. The smallest absolute Gasteiger partial charge is 0.239 e. The second-order valence-corrected chi connectivity index (χ2v) is 7.93. The van der Waals surface area contributed by atoms with Crippen molar-refractivity contribution in [2.24, 2.45) is 0 Å². The van der Waals surface area contributed by atoms with Crippen LogP contribution in [0.2, 0.25) is 0 Å². The first-order chi connectivity index (χ1) is 11.1. The Balaban J connectivity index is 2.13. The van der Waals surface area contributed by atoms with E-state index in [1.807, 2.05) is 23.1 Å². The third-order valence-corrected chi connectivity index (χ3v) is 6.16. The quantitative estimate of drug-likeness (QED) is 0.756. The molecule has 0 unspecified atom stereocenters. The molecule has 4 heteroatoms. The van der Waals surface area contributed by atoms with Gasteiger partial charge in [0, 0.05) is 35.5 Å². The summed E-state index contributed by atoms with van der Waals surface area (Å²) in [6.07, 6.45) is 4.43. The minimum Gasteiger partial charge on any atom is -0.370 e. The third kappa shape index (κ3) is 3.43. The molecule has 1 aliphatic rings. The highest BCUT2D eigenvalue weighted by Gasteiger charge is 2.21. The van der Waals surface area contributed by atoms with Crippen molar-refractivity contribution in [2.45, 2.75) is 0 Å². The fourth-order valence-corrected chi connectivity index (χ4v) is 4.50. The van der Waals surface area contributed by atoms with Gasteiger partial charge in [-0.1, -0.05) is 30.3 Å². The van der Waals surface area contributed by atoms with E-state index < -0.39 is 0 Å². The first kappa shape index (κ1) is 16.1. The fourth-order valence-electron chi connectivity index (χ4n) is 2.42. The zero-order chi connectivity index (χ0) is 16.4. The maximum atomic E-state index is 2.23. The Kier molecular flexibility index (Phi) is 4.74. The summed E-state index contributed by atoms with van der Waals surface area (Å²) in [7, 11) is 8.36.